The summed E-state index contributed by atoms with van der Waals surface area (Å²) in [6.45, 7) is 5.96. The molecule has 2 N–H and O–H groups in total. The van der Waals surface area contributed by atoms with Crippen molar-refractivity contribution in [1.29, 1.82) is 5.26 Å². The summed E-state index contributed by atoms with van der Waals surface area (Å²) in [6.07, 6.45) is -4.41. The van der Waals surface area contributed by atoms with E-state index in [9.17, 15) is 28.0 Å². The number of halogens is 3. The molecule has 1 aromatic heterocycles. The zero-order valence-corrected chi connectivity index (χ0v) is 20.4. The van der Waals surface area contributed by atoms with Crippen molar-refractivity contribution in [2.24, 2.45) is 0 Å². The lowest BCUT2D eigenvalue weighted by molar-refractivity contribution is -0.137. The Bertz CT molecular complexity index is 1090. The summed E-state index contributed by atoms with van der Waals surface area (Å²) >= 11 is 1.47. The number of carbonyl (C=O) groups is 2. The first-order valence-electron chi connectivity index (χ1n) is 11.0. The standard InChI is InChI=1S/C24H27F3N4O3S/c1-23(2,3)34-22(33)30-19(12-18-5-4-10-35-18)21(32)29-17-8-9-31(14-17)20-7-6-16(24(25,26)27)11-15(20)13-28/h4-7,10-11,17,19H,8-9,12,14H2,1-3H3,(H,29,32)(H,30,33). The van der Waals surface area contributed by atoms with Crippen LogP contribution in [-0.2, 0) is 22.1 Å². The van der Waals surface area contributed by atoms with Crippen molar-refractivity contribution in [2.45, 2.75) is 57.5 Å². The monoisotopic (exact) mass is 508 g/mol. The number of carbonyl (C=O) groups excluding carboxylic acids is 2. The lowest BCUT2D eigenvalue weighted by Crippen LogP contribution is -2.52. The second kappa shape index (κ2) is 10.6. The summed E-state index contributed by atoms with van der Waals surface area (Å²) in [4.78, 5) is 28.1. The maximum Gasteiger partial charge on any atom is 0.416 e. The average molecular weight is 509 g/mol. The maximum absolute atomic E-state index is 13.1. The fourth-order valence-electron chi connectivity index (χ4n) is 3.77. The lowest BCUT2D eigenvalue weighted by Gasteiger charge is -2.25. The molecule has 1 aliphatic heterocycles. The van der Waals surface area contributed by atoms with Crippen LogP contribution in [0.2, 0.25) is 0 Å². The molecule has 0 bridgehead atoms. The highest BCUT2D eigenvalue weighted by Crippen LogP contribution is 2.33. The van der Waals surface area contributed by atoms with E-state index in [2.05, 4.69) is 10.6 Å². The van der Waals surface area contributed by atoms with Gasteiger partial charge >= 0.3 is 12.3 Å². The number of thiophene rings is 1. The number of hydrogen-bond donors (Lipinski definition) is 2. The molecule has 2 heterocycles. The summed E-state index contributed by atoms with van der Waals surface area (Å²) in [7, 11) is 0. The van der Waals surface area contributed by atoms with E-state index in [-0.39, 0.29) is 23.9 Å². The molecule has 7 nitrogen and oxygen atoms in total. The largest absolute Gasteiger partial charge is 0.444 e. The van der Waals surface area contributed by atoms with Crippen LogP contribution in [0.15, 0.2) is 35.7 Å². The van der Waals surface area contributed by atoms with Gasteiger partial charge in [0, 0.05) is 30.4 Å². The van der Waals surface area contributed by atoms with E-state index in [0.717, 1.165) is 17.0 Å². The molecule has 2 unspecified atom stereocenters. The third kappa shape index (κ3) is 7.36. The Kier molecular flexibility index (Phi) is 7.95. The van der Waals surface area contributed by atoms with Gasteiger partial charge in [-0.2, -0.15) is 18.4 Å². The van der Waals surface area contributed by atoms with E-state index < -0.39 is 29.5 Å². The van der Waals surface area contributed by atoms with Gasteiger partial charge in [0.1, 0.15) is 17.7 Å². The van der Waals surface area contributed by atoms with Crippen LogP contribution < -0.4 is 15.5 Å². The third-order valence-electron chi connectivity index (χ3n) is 5.31. The number of alkyl carbamates (subject to hydrolysis) is 1. The van der Waals surface area contributed by atoms with Crippen LogP contribution in [-0.4, -0.2) is 42.8 Å². The van der Waals surface area contributed by atoms with Crippen molar-refractivity contribution in [1.82, 2.24) is 10.6 Å². The smallest absolute Gasteiger partial charge is 0.416 e. The summed E-state index contributed by atoms with van der Waals surface area (Å²) in [5, 5.41) is 16.8. The van der Waals surface area contributed by atoms with Crippen LogP contribution >= 0.6 is 11.3 Å². The van der Waals surface area contributed by atoms with Gasteiger partial charge in [0.2, 0.25) is 5.91 Å². The Labute approximate surface area is 205 Å². The second-order valence-electron chi connectivity index (χ2n) is 9.26. The van der Waals surface area contributed by atoms with Crippen molar-refractivity contribution in [2.75, 3.05) is 18.0 Å². The van der Waals surface area contributed by atoms with Gasteiger partial charge in [0.05, 0.1) is 16.8 Å². The molecule has 2 atom stereocenters. The Hall–Kier alpha value is -3.26. The first-order chi connectivity index (χ1) is 16.4. The van der Waals surface area contributed by atoms with E-state index in [1.54, 1.807) is 25.7 Å². The van der Waals surface area contributed by atoms with Gasteiger partial charge in [-0.3, -0.25) is 4.79 Å². The lowest BCUT2D eigenvalue weighted by atomic mass is 10.1. The highest BCUT2D eigenvalue weighted by Gasteiger charge is 2.33. The molecule has 35 heavy (non-hydrogen) atoms. The zero-order valence-electron chi connectivity index (χ0n) is 19.6. The number of benzene rings is 1. The molecule has 188 valence electrons. The zero-order chi connectivity index (χ0) is 25.8. The van der Waals surface area contributed by atoms with Gasteiger partial charge in [-0.25, -0.2) is 4.79 Å². The van der Waals surface area contributed by atoms with Crippen LogP contribution in [0, 0.1) is 11.3 Å². The minimum atomic E-state index is -4.54. The predicted molar refractivity (Wildman–Crippen MR) is 126 cm³/mol. The first kappa shape index (κ1) is 26.3. The number of hydrogen-bond acceptors (Lipinski definition) is 6. The summed E-state index contributed by atoms with van der Waals surface area (Å²) in [6, 6.07) is 7.46. The SMILES string of the molecule is CC(C)(C)OC(=O)NC(Cc1cccs1)C(=O)NC1CCN(c2ccc(C(F)(F)F)cc2C#N)C1. The number of rotatable bonds is 6. The fourth-order valence-corrected chi connectivity index (χ4v) is 4.52. The second-order valence-corrected chi connectivity index (χ2v) is 10.3. The van der Waals surface area contributed by atoms with Crippen LogP contribution in [0.4, 0.5) is 23.7 Å². The molecule has 0 saturated carbocycles. The Balaban J connectivity index is 1.68. The Morgan fingerprint density at radius 2 is 2.03 bits per heavy atom. The number of anilines is 1. The maximum atomic E-state index is 13.1. The van der Waals surface area contributed by atoms with Gasteiger partial charge in [0.15, 0.2) is 0 Å². The number of nitrogens with zero attached hydrogens (tertiary/aromatic N) is 2. The van der Waals surface area contributed by atoms with Gasteiger partial charge in [0.25, 0.3) is 0 Å². The highest BCUT2D eigenvalue weighted by molar-refractivity contribution is 7.09. The number of alkyl halides is 3. The van der Waals surface area contributed by atoms with Gasteiger partial charge in [-0.05, 0) is 56.8 Å². The molecule has 0 radical (unpaired) electrons. The van der Waals surface area contributed by atoms with Crippen molar-refractivity contribution in [3.8, 4) is 6.07 Å². The minimum absolute atomic E-state index is 0.0750. The number of amides is 2. The van der Waals surface area contributed by atoms with Crippen molar-refractivity contribution in [3.63, 3.8) is 0 Å². The van der Waals surface area contributed by atoms with Crippen LogP contribution in [0.3, 0.4) is 0 Å². The van der Waals surface area contributed by atoms with E-state index in [0.29, 0.717) is 25.2 Å². The fraction of sp³-hybridized carbons (Fsp3) is 0.458. The molecular formula is C24H27F3N4O3S. The van der Waals surface area contributed by atoms with Gasteiger partial charge < -0.3 is 20.3 Å². The normalized spacial score (nSPS) is 16.9. The molecule has 0 spiro atoms. The molecular weight excluding hydrogens is 481 g/mol. The first-order valence-corrected chi connectivity index (χ1v) is 11.9. The molecule has 11 heteroatoms. The van der Waals surface area contributed by atoms with E-state index >= 15 is 0 Å². The molecule has 0 aliphatic carbocycles. The van der Waals surface area contributed by atoms with Gasteiger partial charge in [-0.1, -0.05) is 6.07 Å². The molecule has 2 aromatic rings. The van der Waals surface area contributed by atoms with E-state index in [1.165, 1.54) is 17.4 Å². The average Bonchev–Trinajstić information content (AvgIpc) is 3.43. The van der Waals surface area contributed by atoms with Crippen LogP contribution in [0.5, 0.6) is 0 Å². The van der Waals surface area contributed by atoms with E-state index in [4.69, 9.17) is 4.74 Å². The molecule has 2 amide bonds. The topological polar surface area (TPSA) is 94.5 Å². The van der Waals surface area contributed by atoms with Crippen molar-refractivity contribution < 1.29 is 27.5 Å². The summed E-state index contributed by atoms with van der Waals surface area (Å²) < 4.78 is 44.3. The number of nitrogens with one attached hydrogen (secondary N) is 2. The summed E-state index contributed by atoms with van der Waals surface area (Å²) in [5.41, 5.74) is -1.29. The number of nitriles is 1. The van der Waals surface area contributed by atoms with Crippen molar-refractivity contribution >= 4 is 29.0 Å². The van der Waals surface area contributed by atoms with E-state index in [1.807, 2.05) is 23.6 Å². The van der Waals surface area contributed by atoms with Crippen LogP contribution in [0.1, 0.15) is 43.2 Å². The molecule has 1 aromatic carbocycles. The minimum Gasteiger partial charge on any atom is -0.444 e. The molecule has 1 aliphatic rings. The van der Waals surface area contributed by atoms with Gasteiger partial charge in [-0.15, -0.1) is 11.3 Å². The Morgan fingerprint density at radius 1 is 1.29 bits per heavy atom. The summed E-state index contributed by atoms with van der Waals surface area (Å²) in [5.74, 6) is -0.385. The molecule has 3 rings (SSSR count). The molecule has 1 saturated heterocycles. The molecule has 1 fully saturated rings. The third-order valence-corrected chi connectivity index (χ3v) is 6.21. The number of ether oxygens (including phenoxy) is 1. The predicted octanol–water partition coefficient (Wildman–Crippen LogP) is 4.47. The van der Waals surface area contributed by atoms with Crippen molar-refractivity contribution in [3.05, 3.63) is 51.7 Å². The quantitative estimate of drug-likeness (QED) is 0.601. The Morgan fingerprint density at radius 3 is 2.63 bits per heavy atom. The van der Waals surface area contributed by atoms with Crippen LogP contribution in [0.25, 0.3) is 0 Å². The highest BCUT2D eigenvalue weighted by atomic mass is 32.1.